The number of benzene rings is 1. The van der Waals surface area contributed by atoms with Crippen LogP contribution in [0.25, 0.3) is 0 Å². The highest BCUT2D eigenvalue weighted by Crippen LogP contribution is 2.29. The molecule has 1 fully saturated rings. The maximum Gasteiger partial charge on any atom is 0.317 e. The lowest BCUT2D eigenvalue weighted by Gasteiger charge is -2.29. The maximum absolute atomic E-state index is 12.3. The number of hydrogen-bond donors (Lipinski definition) is 1. The van der Waals surface area contributed by atoms with E-state index >= 15 is 0 Å². The molecular formula is C19H29N3O. The third-order valence-electron chi connectivity index (χ3n) is 4.87. The van der Waals surface area contributed by atoms with Crippen LogP contribution in [-0.2, 0) is 13.0 Å². The van der Waals surface area contributed by atoms with E-state index in [9.17, 15) is 4.79 Å². The number of urea groups is 1. The van der Waals surface area contributed by atoms with Crippen molar-refractivity contribution in [3.05, 3.63) is 35.4 Å². The summed E-state index contributed by atoms with van der Waals surface area (Å²) in [5, 5.41) is 3.12. The maximum atomic E-state index is 12.3. The highest BCUT2D eigenvalue weighted by atomic mass is 16.2. The molecule has 0 unspecified atom stereocenters. The van der Waals surface area contributed by atoms with Crippen LogP contribution in [0.5, 0.6) is 0 Å². The van der Waals surface area contributed by atoms with Crippen LogP contribution in [0.4, 0.5) is 4.79 Å². The highest BCUT2D eigenvalue weighted by molar-refractivity contribution is 5.74. The lowest BCUT2D eigenvalue weighted by Crippen LogP contribution is -2.44. The van der Waals surface area contributed by atoms with E-state index in [2.05, 4.69) is 41.4 Å². The SMILES string of the molecule is CCCN(CC1CC1)C(=O)NCCN1CCc2ccccc2C1. The third-order valence-corrected chi connectivity index (χ3v) is 4.87. The van der Waals surface area contributed by atoms with Gasteiger partial charge in [0.2, 0.25) is 0 Å². The molecule has 1 aromatic carbocycles. The van der Waals surface area contributed by atoms with Gasteiger partial charge in [0.15, 0.2) is 0 Å². The second-order valence-corrected chi connectivity index (χ2v) is 6.92. The number of carbonyl (C=O) groups is 1. The first-order valence-electron chi connectivity index (χ1n) is 9.08. The molecule has 1 aliphatic carbocycles. The first-order chi connectivity index (χ1) is 11.3. The van der Waals surface area contributed by atoms with Crippen LogP contribution in [-0.4, -0.2) is 48.6 Å². The quantitative estimate of drug-likeness (QED) is 0.840. The minimum Gasteiger partial charge on any atom is -0.337 e. The molecule has 1 aliphatic heterocycles. The van der Waals surface area contributed by atoms with Gasteiger partial charge in [-0.25, -0.2) is 4.79 Å². The van der Waals surface area contributed by atoms with E-state index in [1.807, 2.05) is 4.90 Å². The number of nitrogens with one attached hydrogen (secondary N) is 1. The van der Waals surface area contributed by atoms with Crippen LogP contribution in [0.1, 0.15) is 37.3 Å². The van der Waals surface area contributed by atoms with Crippen LogP contribution < -0.4 is 5.32 Å². The molecule has 4 nitrogen and oxygen atoms in total. The first-order valence-corrected chi connectivity index (χ1v) is 9.08. The molecule has 126 valence electrons. The second-order valence-electron chi connectivity index (χ2n) is 6.92. The lowest BCUT2D eigenvalue weighted by molar-refractivity contribution is 0.191. The Morgan fingerprint density at radius 3 is 2.83 bits per heavy atom. The van der Waals surface area contributed by atoms with Gasteiger partial charge in [-0.2, -0.15) is 0 Å². The third kappa shape index (κ3) is 4.71. The van der Waals surface area contributed by atoms with E-state index in [1.165, 1.54) is 24.0 Å². The number of nitrogens with zero attached hydrogens (tertiary/aromatic N) is 2. The number of rotatable bonds is 7. The Hall–Kier alpha value is -1.55. The van der Waals surface area contributed by atoms with Crippen LogP contribution >= 0.6 is 0 Å². The molecule has 4 heteroatoms. The van der Waals surface area contributed by atoms with E-state index in [0.717, 1.165) is 58.0 Å². The van der Waals surface area contributed by atoms with E-state index in [-0.39, 0.29) is 6.03 Å². The molecule has 23 heavy (non-hydrogen) atoms. The minimum absolute atomic E-state index is 0.121. The van der Waals surface area contributed by atoms with Crippen molar-refractivity contribution in [3.8, 4) is 0 Å². The van der Waals surface area contributed by atoms with Gasteiger partial charge in [0.05, 0.1) is 0 Å². The monoisotopic (exact) mass is 315 g/mol. The van der Waals surface area contributed by atoms with Crippen molar-refractivity contribution in [3.63, 3.8) is 0 Å². The van der Waals surface area contributed by atoms with Crippen LogP contribution in [0.2, 0.25) is 0 Å². The van der Waals surface area contributed by atoms with Crippen molar-refractivity contribution in [2.24, 2.45) is 5.92 Å². The van der Waals surface area contributed by atoms with Crippen molar-refractivity contribution in [1.29, 1.82) is 0 Å². The minimum atomic E-state index is 0.121. The van der Waals surface area contributed by atoms with Gasteiger partial charge in [-0.3, -0.25) is 4.90 Å². The second kappa shape index (κ2) is 7.82. The Kier molecular flexibility index (Phi) is 5.55. The summed E-state index contributed by atoms with van der Waals surface area (Å²) in [6, 6.07) is 8.81. The van der Waals surface area contributed by atoms with Gasteiger partial charge in [0, 0.05) is 39.3 Å². The van der Waals surface area contributed by atoms with Crippen molar-refractivity contribution < 1.29 is 4.79 Å². The Morgan fingerprint density at radius 2 is 2.09 bits per heavy atom. The average molecular weight is 315 g/mol. The number of fused-ring (bicyclic) bond motifs is 1. The highest BCUT2D eigenvalue weighted by Gasteiger charge is 2.26. The topological polar surface area (TPSA) is 35.6 Å². The van der Waals surface area contributed by atoms with Crippen molar-refractivity contribution >= 4 is 6.03 Å². The van der Waals surface area contributed by atoms with E-state index in [1.54, 1.807) is 0 Å². The Balaban J connectivity index is 1.41. The number of hydrogen-bond acceptors (Lipinski definition) is 2. The first kappa shape index (κ1) is 16.3. The van der Waals surface area contributed by atoms with Crippen molar-refractivity contribution in [2.75, 3.05) is 32.7 Å². The van der Waals surface area contributed by atoms with Gasteiger partial charge in [0.1, 0.15) is 0 Å². The molecule has 0 saturated heterocycles. The largest absolute Gasteiger partial charge is 0.337 e. The molecule has 2 aliphatic rings. The smallest absolute Gasteiger partial charge is 0.317 e. The Morgan fingerprint density at radius 1 is 1.30 bits per heavy atom. The van der Waals surface area contributed by atoms with Gasteiger partial charge in [-0.05, 0) is 42.7 Å². The molecule has 0 bridgehead atoms. The Labute approximate surface area is 139 Å². The standard InChI is InChI=1S/C19H29N3O/c1-2-11-22(14-16-7-8-16)19(23)20-10-13-21-12-9-17-5-3-4-6-18(17)15-21/h3-6,16H,2,7-15H2,1H3,(H,20,23). The fourth-order valence-corrected chi connectivity index (χ4v) is 3.34. The summed E-state index contributed by atoms with van der Waals surface area (Å²) in [6.45, 7) is 7.73. The summed E-state index contributed by atoms with van der Waals surface area (Å²) in [4.78, 5) is 16.8. The summed E-state index contributed by atoms with van der Waals surface area (Å²) in [7, 11) is 0. The molecule has 1 aromatic rings. The molecule has 1 N–H and O–H groups in total. The van der Waals surface area contributed by atoms with E-state index in [4.69, 9.17) is 0 Å². The summed E-state index contributed by atoms with van der Waals surface area (Å²) in [5.41, 5.74) is 2.91. The summed E-state index contributed by atoms with van der Waals surface area (Å²) >= 11 is 0. The zero-order valence-electron chi connectivity index (χ0n) is 14.3. The van der Waals surface area contributed by atoms with Gasteiger partial charge in [-0.1, -0.05) is 31.2 Å². The van der Waals surface area contributed by atoms with Gasteiger partial charge >= 0.3 is 6.03 Å². The van der Waals surface area contributed by atoms with E-state index in [0.29, 0.717) is 0 Å². The molecule has 3 rings (SSSR count). The van der Waals surface area contributed by atoms with Crippen LogP contribution in [0, 0.1) is 5.92 Å². The number of carbonyl (C=O) groups excluding carboxylic acids is 1. The average Bonchev–Trinajstić information content (AvgIpc) is 3.38. The molecule has 0 radical (unpaired) electrons. The fourth-order valence-electron chi connectivity index (χ4n) is 3.34. The molecule has 0 aromatic heterocycles. The molecule has 0 atom stereocenters. The molecular weight excluding hydrogens is 286 g/mol. The molecule has 2 amide bonds. The zero-order valence-corrected chi connectivity index (χ0v) is 14.3. The molecule has 1 heterocycles. The van der Waals surface area contributed by atoms with Crippen molar-refractivity contribution in [1.82, 2.24) is 15.1 Å². The van der Waals surface area contributed by atoms with Gasteiger partial charge in [0.25, 0.3) is 0 Å². The molecule has 1 saturated carbocycles. The fraction of sp³-hybridized carbons (Fsp3) is 0.632. The normalized spacial score (nSPS) is 17.6. The van der Waals surface area contributed by atoms with Gasteiger partial charge < -0.3 is 10.2 Å². The summed E-state index contributed by atoms with van der Waals surface area (Å²) in [5.74, 6) is 0.755. The number of amides is 2. The summed E-state index contributed by atoms with van der Waals surface area (Å²) < 4.78 is 0. The van der Waals surface area contributed by atoms with Crippen LogP contribution in [0.3, 0.4) is 0 Å². The molecule has 0 spiro atoms. The van der Waals surface area contributed by atoms with E-state index < -0.39 is 0 Å². The van der Waals surface area contributed by atoms with Crippen LogP contribution in [0.15, 0.2) is 24.3 Å². The predicted molar refractivity (Wildman–Crippen MR) is 93.4 cm³/mol. The zero-order chi connectivity index (χ0) is 16.1. The van der Waals surface area contributed by atoms with Gasteiger partial charge in [-0.15, -0.1) is 0 Å². The lowest BCUT2D eigenvalue weighted by atomic mass is 10.00. The predicted octanol–water partition coefficient (Wildman–Crippen LogP) is 2.88. The van der Waals surface area contributed by atoms with Crippen molar-refractivity contribution in [2.45, 2.75) is 39.2 Å². The summed E-state index contributed by atoms with van der Waals surface area (Å²) in [6.07, 6.45) is 4.73. The Bertz CT molecular complexity index is 527.